The SMILES string of the molecule is Cc1csc([C@@H](C)OC(=O)c2cccnc2)n1. The predicted octanol–water partition coefficient (Wildman–Crippen LogP) is 2.76. The molecule has 2 heterocycles. The fraction of sp³-hybridized carbons (Fsp3) is 0.250. The van der Waals surface area contributed by atoms with Gasteiger partial charge in [0.1, 0.15) is 5.01 Å². The smallest absolute Gasteiger partial charge is 0.340 e. The van der Waals surface area contributed by atoms with E-state index in [2.05, 4.69) is 9.97 Å². The van der Waals surface area contributed by atoms with Crippen molar-refractivity contribution in [2.45, 2.75) is 20.0 Å². The topological polar surface area (TPSA) is 52.1 Å². The molecule has 2 aromatic heterocycles. The third-order valence-electron chi connectivity index (χ3n) is 2.17. The second-order valence-corrected chi connectivity index (χ2v) is 4.51. The Balaban J connectivity index is 2.04. The van der Waals surface area contributed by atoms with E-state index in [9.17, 15) is 4.79 Å². The van der Waals surface area contributed by atoms with Crippen molar-refractivity contribution in [2.24, 2.45) is 0 Å². The summed E-state index contributed by atoms with van der Waals surface area (Å²) < 4.78 is 5.30. The average molecular weight is 248 g/mol. The molecule has 0 aromatic carbocycles. The maximum absolute atomic E-state index is 11.7. The average Bonchev–Trinajstić information content (AvgIpc) is 2.77. The van der Waals surface area contributed by atoms with Crippen molar-refractivity contribution >= 4 is 17.3 Å². The van der Waals surface area contributed by atoms with Gasteiger partial charge in [-0.05, 0) is 26.0 Å². The van der Waals surface area contributed by atoms with Gasteiger partial charge < -0.3 is 4.74 Å². The lowest BCUT2D eigenvalue weighted by Gasteiger charge is -2.10. The Morgan fingerprint density at radius 1 is 1.53 bits per heavy atom. The molecule has 0 amide bonds. The van der Waals surface area contributed by atoms with Crippen LogP contribution >= 0.6 is 11.3 Å². The van der Waals surface area contributed by atoms with E-state index in [-0.39, 0.29) is 12.1 Å². The zero-order valence-electron chi connectivity index (χ0n) is 9.58. The fourth-order valence-electron chi connectivity index (χ4n) is 1.32. The summed E-state index contributed by atoms with van der Waals surface area (Å²) in [6.07, 6.45) is 2.77. The van der Waals surface area contributed by atoms with Gasteiger partial charge in [-0.25, -0.2) is 9.78 Å². The molecule has 0 N–H and O–H groups in total. The molecule has 17 heavy (non-hydrogen) atoms. The van der Waals surface area contributed by atoms with Crippen LogP contribution in [-0.4, -0.2) is 15.9 Å². The number of nitrogens with zero attached hydrogens (tertiary/aromatic N) is 2. The van der Waals surface area contributed by atoms with Crippen LogP contribution < -0.4 is 0 Å². The van der Waals surface area contributed by atoms with Crippen LogP contribution in [0.15, 0.2) is 29.9 Å². The minimum Gasteiger partial charge on any atom is -0.452 e. The molecular weight excluding hydrogens is 236 g/mol. The lowest BCUT2D eigenvalue weighted by Crippen LogP contribution is -2.09. The Morgan fingerprint density at radius 2 is 2.35 bits per heavy atom. The summed E-state index contributed by atoms with van der Waals surface area (Å²) in [4.78, 5) is 19.9. The molecule has 5 heteroatoms. The zero-order chi connectivity index (χ0) is 12.3. The van der Waals surface area contributed by atoms with Gasteiger partial charge in [0.05, 0.1) is 5.56 Å². The minimum atomic E-state index is -0.376. The number of thiazole rings is 1. The van der Waals surface area contributed by atoms with Gasteiger partial charge in [-0.3, -0.25) is 4.98 Å². The van der Waals surface area contributed by atoms with Gasteiger partial charge in [0.2, 0.25) is 0 Å². The number of aromatic nitrogens is 2. The van der Waals surface area contributed by atoms with Gasteiger partial charge in [0, 0.05) is 23.5 Å². The number of pyridine rings is 1. The van der Waals surface area contributed by atoms with Gasteiger partial charge in [0.15, 0.2) is 6.10 Å². The number of rotatable bonds is 3. The third-order valence-corrected chi connectivity index (χ3v) is 3.29. The summed E-state index contributed by atoms with van der Waals surface area (Å²) in [6.45, 7) is 3.72. The van der Waals surface area contributed by atoms with E-state index in [1.807, 2.05) is 19.2 Å². The fourth-order valence-corrected chi connectivity index (χ4v) is 2.10. The van der Waals surface area contributed by atoms with Gasteiger partial charge in [-0.15, -0.1) is 11.3 Å². The molecule has 0 unspecified atom stereocenters. The molecule has 0 aliphatic rings. The summed E-state index contributed by atoms with van der Waals surface area (Å²) in [5.74, 6) is -0.376. The lowest BCUT2D eigenvalue weighted by atomic mass is 10.3. The van der Waals surface area contributed by atoms with E-state index in [1.54, 1.807) is 18.3 Å². The standard InChI is InChI=1S/C12H12N2O2S/c1-8-7-17-11(14-8)9(2)16-12(15)10-4-3-5-13-6-10/h3-7,9H,1-2H3/t9-/m1/s1. The van der Waals surface area contributed by atoms with Crippen molar-refractivity contribution in [1.82, 2.24) is 9.97 Å². The monoisotopic (exact) mass is 248 g/mol. The zero-order valence-corrected chi connectivity index (χ0v) is 10.4. The van der Waals surface area contributed by atoms with Crippen molar-refractivity contribution in [2.75, 3.05) is 0 Å². The van der Waals surface area contributed by atoms with Crippen molar-refractivity contribution in [3.05, 3.63) is 46.2 Å². The summed E-state index contributed by atoms with van der Waals surface area (Å²) in [6, 6.07) is 3.38. The number of aryl methyl sites for hydroxylation is 1. The van der Waals surface area contributed by atoms with Crippen LogP contribution in [-0.2, 0) is 4.74 Å². The molecule has 88 valence electrons. The Morgan fingerprint density at radius 3 is 2.94 bits per heavy atom. The molecule has 0 bridgehead atoms. The number of esters is 1. The summed E-state index contributed by atoms with van der Waals surface area (Å²) in [5.41, 5.74) is 1.39. The first-order chi connectivity index (χ1) is 8.16. The molecule has 2 aromatic rings. The molecule has 0 saturated carbocycles. The highest BCUT2D eigenvalue weighted by atomic mass is 32.1. The first-order valence-corrected chi connectivity index (χ1v) is 6.08. The highest BCUT2D eigenvalue weighted by Crippen LogP contribution is 2.21. The number of ether oxygens (including phenoxy) is 1. The Kier molecular flexibility index (Phi) is 3.49. The van der Waals surface area contributed by atoms with Gasteiger partial charge >= 0.3 is 5.97 Å². The molecular formula is C12H12N2O2S. The molecule has 0 radical (unpaired) electrons. The summed E-state index contributed by atoms with van der Waals surface area (Å²) >= 11 is 1.49. The molecule has 4 nitrogen and oxygen atoms in total. The van der Waals surface area contributed by atoms with Crippen molar-refractivity contribution in [3.63, 3.8) is 0 Å². The normalized spacial score (nSPS) is 12.1. The molecule has 0 aliphatic carbocycles. The largest absolute Gasteiger partial charge is 0.452 e. The lowest BCUT2D eigenvalue weighted by molar-refractivity contribution is 0.0336. The molecule has 0 saturated heterocycles. The first kappa shape index (κ1) is 11.7. The quantitative estimate of drug-likeness (QED) is 0.784. The van der Waals surface area contributed by atoms with Gasteiger partial charge in [-0.1, -0.05) is 0 Å². The van der Waals surface area contributed by atoms with E-state index in [1.165, 1.54) is 17.5 Å². The molecule has 1 atom stereocenters. The maximum Gasteiger partial charge on any atom is 0.340 e. The van der Waals surface area contributed by atoms with Crippen LogP contribution in [0.25, 0.3) is 0 Å². The van der Waals surface area contributed by atoms with Crippen molar-refractivity contribution in [3.8, 4) is 0 Å². The Labute approximate surface area is 103 Å². The van der Waals surface area contributed by atoms with Crippen molar-refractivity contribution in [1.29, 1.82) is 0 Å². The van der Waals surface area contributed by atoms with Crippen LogP contribution in [0.3, 0.4) is 0 Å². The molecule has 0 aliphatic heterocycles. The highest BCUT2D eigenvalue weighted by Gasteiger charge is 2.16. The second-order valence-electron chi connectivity index (χ2n) is 3.62. The highest BCUT2D eigenvalue weighted by molar-refractivity contribution is 7.09. The van der Waals surface area contributed by atoms with Crippen LogP contribution in [0.2, 0.25) is 0 Å². The predicted molar refractivity (Wildman–Crippen MR) is 64.9 cm³/mol. The van der Waals surface area contributed by atoms with Crippen molar-refractivity contribution < 1.29 is 9.53 Å². The Bertz CT molecular complexity index is 510. The number of hydrogen-bond acceptors (Lipinski definition) is 5. The summed E-state index contributed by atoms with van der Waals surface area (Å²) in [7, 11) is 0. The first-order valence-electron chi connectivity index (χ1n) is 5.20. The Hall–Kier alpha value is -1.75. The number of carbonyl (C=O) groups excluding carboxylic acids is 1. The third kappa shape index (κ3) is 2.88. The molecule has 0 spiro atoms. The van der Waals surface area contributed by atoms with Crippen LogP contribution in [0, 0.1) is 6.92 Å². The van der Waals surface area contributed by atoms with Crippen LogP contribution in [0.1, 0.15) is 34.1 Å². The molecule has 2 rings (SSSR count). The van der Waals surface area contributed by atoms with E-state index < -0.39 is 0 Å². The second kappa shape index (κ2) is 5.05. The van der Waals surface area contributed by atoms with Crippen LogP contribution in [0.5, 0.6) is 0 Å². The van der Waals surface area contributed by atoms with E-state index in [4.69, 9.17) is 4.74 Å². The number of carbonyl (C=O) groups is 1. The van der Waals surface area contributed by atoms with Crippen LogP contribution in [0.4, 0.5) is 0 Å². The molecule has 0 fully saturated rings. The van der Waals surface area contributed by atoms with E-state index in [0.29, 0.717) is 5.56 Å². The summed E-state index contributed by atoms with van der Waals surface area (Å²) in [5, 5.41) is 2.74. The van der Waals surface area contributed by atoms with Gasteiger partial charge in [0.25, 0.3) is 0 Å². The minimum absolute atomic E-state index is 0.332. The van der Waals surface area contributed by atoms with E-state index in [0.717, 1.165) is 10.7 Å². The van der Waals surface area contributed by atoms with Gasteiger partial charge in [-0.2, -0.15) is 0 Å². The van der Waals surface area contributed by atoms with E-state index >= 15 is 0 Å². The maximum atomic E-state index is 11.7. The number of hydrogen-bond donors (Lipinski definition) is 0.